The van der Waals surface area contributed by atoms with E-state index in [2.05, 4.69) is 32.0 Å². The Balaban J connectivity index is 2.01. The molecule has 0 amide bonds. The molecule has 4 rings (SSSR count). The summed E-state index contributed by atoms with van der Waals surface area (Å²) in [7, 11) is 0. The number of fused-ring (bicyclic) bond motifs is 2. The van der Waals surface area contributed by atoms with E-state index in [0.29, 0.717) is 5.95 Å². The van der Waals surface area contributed by atoms with Gasteiger partial charge in [-0.1, -0.05) is 22.0 Å². The highest BCUT2D eigenvalue weighted by atomic mass is 79.9. The van der Waals surface area contributed by atoms with Gasteiger partial charge in [-0.15, -0.1) is 0 Å². The summed E-state index contributed by atoms with van der Waals surface area (Å²) in [6, 6.07) is 16.0. The van der Waals surface area contributed by atoms with Crippen LogP contribution in [0.3, 0.4) is 0 Å². The summed E-state index contributed by atoms with van der Waals surface area (Å²) in [6.07, 6.45) is 1.79. The fourth-order valence-electron chi connectivity index (χ4n) is 2.55. The zero-order valence-corrected chi connectivity index (χ0v) is 12.6. The lowest BCUT2D eigenvalue weighted by atomic mass is 10.2. The van der Waals surface area contributed by atoms with Crippen LogP contribution in [0.25, 0.3) is 27.6 Å². The molecule has 0 bridgehead atoms. The summed E-state index contributed by atoms with van der Waals surface area (Å²) in [5.41, 5.74) is 9.90. The van der Waals surface area contributed by atoms with Gasteiger partial charge in [-0.2, -0.15) is 0 Å². The number of anilines is 1. The first-order valence-corrected chi connectivity index (χ1v) is 7.30. The SMILES string of the molecule is Nc1nc2cc(Br)ccc2n1-c1ccc2ncccc2c1. The highest BCUT2D eigenvalue weighted by molar-refractivity contribution is 9.10. The molecule has 102 valence electrons. The molecule has 0 saturated carbocycles. The molecule has 0 spiro atoms. The summed E-state index contributed by atoms with van der Waals surface area (Å²) in [5.74, 6) is 0.478. The van der Waals surface area contributed by atoms with E-state index < -0.39 is 0 Å². The Hall–Kier alpha value is -2.40. The molecule has 0 unspecified atom stereocenters. The lowest BCUT2D eigenvalue weighted by Crippen LogP contribution is -2.00. The van der Waals surface area contributed by atoms with Crippen LogP contribution in [-0.4, -0.2) is 14.5 Å². The van der Waals surface area contributed by atoms with Gasteiger partial charge in [0.15, 0.2) is 0 Å². The van der Waals surface area contributed by atoms with Crippen LogP contribution in [0.1, 0.15) is 0 Å². The molecule has 2 N–H and O–H groups in total. The second-order valence-corrected chi connectivity index (χ2v) is 5.73. The van der Waals surface area contributed by atoms with Crippen LogP contribution in [-0.2, 0) is 0 Å². The molecule has 2 aromatic carbocycles. The van der Waals surface area contributed by atoms with Crippen molar-refractivity contribution in [2.24, 2.45) is 0 Å². The number of nitrogens with two attached hydrogens (primary N) is 1. The van der Waals surface area contributed by atoms with E-state index in [4.69, 9.17) is 5.73 Å². The molecule has 0 atom stereocenters. The molecule has 4 nitrogen and oxygen atoms in total. The number of pyridine rings is 1. The van der Waals surface area contributed by atoms with Crippen LogP contribution in [0.4, 0.5) is 5.95 Å². The van der Waals surface area contributed by atoms with E-state index in [9.17, 15) is 0 Å². The first-order valence-electron chi connectivity index (χ1n) is 6.51. The summed E-state index contributed by atoms with van der Waals surface area (Å²) in [6.45, 7) is 0. The summed E-state index contributed by atoms with van der Waals surface area (Å²) < 4.78 is 2.94. The first-order chi connectivity index (χ1) is 10.2. The lowest BCUT2D eigenvalue weighted by molar-refractivity contribution is 1.11. The summed E-state index contributed by atoms with van der Waals surface area (Å²) in [5, 5.41) is 1.08. The quantitative estimate of drug-likeness (QED) is 0.572. The van der Waals surface area contributed by atoms with Gasteiger partial charge < -0.3 is 5.73 Å². The molecule has 0 saturated heterocycles. The molecular weight excluding hydrogens is 328 g/mol. The number of rotatable bonds is 1. The smallest absolute Gasteiger partial charge is 0.205 e. The molecule has 0 aliphatic heterocycles. The minimum atomic E-state index is 0.478. The molecule has 5 heteroatoms. The predicted molar refractivity (Wildman–Crippen MR) is 88.5 cm³/mol. The molecule has 0 aliphatic rings. The maximum atomic E-state index is 6.10. The Kier molecular flexibility index (Phi) is 2.68. The minimum absolute atomic E-state index is 0.478. The van der Waals surface area contributed by atoms with Crippen molar-refractivity contribution in [2.75, 3.05) is 5.73 Å². The van der Waals surface area contributed by atoms with E-state index in [0.717, 1.165) is 32.1 Å². The van der Waals surface area contributed by atoms with E-state index in [1.54, 1.807) is 6.20 Å². The van der Waals surface area contributed by atoms with Crippen molar-refractivity contribution in [2.45, 2.75) is 0 Å². The third-order valence-corrected chi connectivity index (χ3v) is 3.98. The Morgan fingerprint density at radius 2 is 1.90 bits per heavy atom. The fraction of sp³-hybridized carbons (Fsp3) is 0. The zero-order chi connectivity index (χ0) is 14.4. The van der Waals surface area contributed by atoms with Crippen LogP contribution in [0.2, 0.25) is 0 Å². The first kappa shape index (κ1) is 12.3. The van der Waals surface area contributed by atoms with Crippen LogP contribution in [0.15, 0.2) is 59.2 Å². The minimum Gasteiger partial charge on any atom is -0.369 e. The predicted octanol–water partition coefficient (Wildman–Crippen LogP) is 3.92. The molecule has 0 aliphatic carbocycles. The highest BCUT2D eigenvalue weighted by Gasteiger charge is 2.10. The Morgan fingerprint density at radius 1 is 1.00 bits per heavy atom. The Bertz CT molecular complexity index is 975. The third-order valence-electron chi connectivity index (χ3n) is 3.49. The van der Waals surface area contributed by atoms with Gasteiger partial charge in [0.25, 0.3) is 0 Å². The number of halogens is 1. The monoisotopic (exact) mass is 338 g/mol. The van der Waals surface area contributed by atoms with Crippen LogP contribution in [0.5, 0.6) is 0 Å². The number of nitrogen functional groups attached to an aromatic ring is 1. The van der Waals surface area contributed by atoms with Crippen molar-refractivity contribution in [3.05, 3.63) is 59.2 Å². The Labute approximate surface area is 129 Å². The average molecular weight is 339 g/mol. The maximum absolute atomic E-state index is 6.10. The average Bonchev–Trinajstić information content (AvgIpc) is 2.81. The Morgan fingerprint density at radius 3 is 2.81 bits per heavy atom. The van der Waals surface area contributed by atoms with Gasteiger partial charge in [0.1, 0.15) is 0 Å². The molecule has 4 aromatic rings. The number of hydrogen-bond donors (Lipinski definition) is 1. The molecule has 0 radical (unpaired) electrons. The number of aromatic nitrogens is 3. The highest BCUT2D eigenvalue weighted by Crippen LogP contribution is 2.27. The largest absolute Gasteiger partial charge is 0.369 e. The van der Waals surface area contributed by atoms with Gasteiger partial charge in [-0.25, -0.2) is 4.98 Å². The van der Waals surface area contributed by atoms with E-state index in [-0.39, 0.29) is 0 Å². The van der Waals surface area contributed by atoms with Crippen LogP contribution in [0, 0.1) is 0 Å². The summed E-state index contributed by atoms with van der Waals surface area (Å²) in [4.78, 5) is 8.76. The number of imidazole rings is 1. The zero-order valence-electron chi connectivity index (χ0n) is 11.0. The van der Waals surface area contributed by atoms with E-state index in [1.165, 1.54) is 0 Å². The third kappa shape index (κ3) is 1.97. The van der Waals surface area contributed by atoms with Crippen molar-refractivity contribution in [1.82, 2.24) is 14.5 Å². The van der Waals surface area contributed by atoms with Crippen LogP contribution < -0.4 is 5.73 Å². The molecule has 0 fully saturated rings. The van der Waals surface area contributed by atoms with Gasteiger partial charge in [0, 0.05) is 21.7 Å². The fourth-order valence-corrected chi connectivity index (χ4v) is 2.89. The lowest BCUT2D eigenvalue weighted by Gasteiger charge is -2.07. The number of hydrogen-bond acceptors (Lipinski definition) is 3. The summed E-state index contributed by atoms with van der Waals surface area (Å²) >= 11 is 3.46. The van der Waals surface area contributed by atoms with E-state index >= 15 is 0 Å². The van der Waals surface area contributed by atoms with Crippen molar-refractivity contribution >= 4 is 43.8 Å². The van der Waals surface area contributed by atoms with Gasteiger partial charge in [-0.3, -0.25) is 9.55 Å². The van der Waals surface area contributed by atoms with Crippen molar-refractivity contribution < 1.29 is 0 Å². The molecule has 2 aromatic heterocycles. The molecule has 2 heterocycles. The van der Waals surface area contributed by atoms with Gasteiger partial charge in [0.05, 0.1) is 16.6 Å². The van der Waals surface area contributed by atoms with Crippen molar-refractivity contribution in [3.8, 4) is 5.69 Å². The van der Waals surface area contributed by atoms with Crippen molar-refractivity contribution in [3.63, 3.8) is 0 Å². The van der Waals surface area contributed by atoms with Crippen molar-refractivity contribution in [1.29, 1.82) is 0 Å². The molecular formula is C16H11BrN4. The second-order valence-electron chi connectivity index (χ2n) is 4.82. The van der Waals surface area contributed by atoms with Gasteiger partial charge in [-0.05, 0) is 42.5 Å². The van der Waals surface area contributed by atoms with Gasteiger partial charge >= 0.3 is 0 Å². The molecule has 21 heavy (non-hydrogen) atoms. The second kappa shape index (κ2) is 4.56. The normalized spacial score (nSPS) is 11.3. The van der Waals surface area contributed by atoms with E-state index in [1.807, 2.05) is 47.0 Å². The number of benzene rings is 2. The standard InChI is InChI=1S/C16H11BrN4/c17-11-3-6-15-14(9-11)20-16(18)21(15)12-4-5-13-10(8-12)2-1-7-19-13/h1-9H,(H2,18,20). The van der Waals surface area contributed by atoms with Gasteiger partial charge in [0.2, 0.25) is 5.95 Å². The maximum Gasteiger partial charge on any atom is 0.205 e. The number of nitrogens with zero attached hydrogens (tertiary/aromatic N) is 3. The topological polar surface area (TPSA) is 56.7 Å². The van der Waals surface area contributed by atoms with Crippen LogP contribution >= 0.6 is 15.9 Å².